The van der Waals surface area contributed by atoms with E-state index in [1.807, 2.05) is 60.5 Å². The first-order valence-electron chi connectivity index (χ1n) is 11.9. The molecule has 2 saturated heterocycles. The maximum absolute atomic E-state index is 13.5. The molecule has 6 heteroatoms. The molecule has 2 fully saturated rings. The molecule has 2 aromatic rings. The minimum atomic E-state index is -0.952. The monoisotopic (exact) mass is 449 g/mol. The van der Waals surface area contributed by atoms with Crippen LogP contribution in [-0.4, -0.2) is 57.6 Å². The second-order valence-electron chi connectivity index (χ2n) is 10.0. The van der Waals surface area contributed by atoms with Crippen LogP contribution in [0.3, 0.4) is 0 Å². The zero-order chi connectivity index (χ0) is 23.6. The summed E-state index contributed by atoms with van der Waals surface area (Å²) in [5, 5.41) is 14.8. The van der Waals surface area contributed by atoms with Gasteiger partial charge in [-0.3, -0.25) is 14.6 Å². The molecule has 0 saturated carbocycles. The molecule has 0 aliphatic carbocycles. The number of fused-ring (bicyclic) bond motifs is 1. The van der Waals surface area contributed by atoms with Gasteiger partial charge in [0.25, 0.3) is 5.91 Å². The average Bonchev–Trinajstić information content (AvgIpc) is 3.30. The molecule has 2 aromatic carbocycles. The zero-order valence-electron chi connectivity index (χ0n) is 19.6. The van der Waals surface area contributed by atoms with Crippen LogP contribution in [0.25, 0.3) is 0 Å². The summed E-state index contributed by atoms with van der Waals surface area (Å²) in [5.74, 6) is -0.407. The van der Waals surface area contributed by atoms with E-state index in [1.54, 1.807) is 11.9 Å². The van der Waals surface area contributed by atoms with Crippen LogP contribution in [0, 0.1) is 11.8 Å². The van der Waals surface area contributed by atoms with Crippen molar-refractivity contribution in [2.24, 2.45) is 17.6 Å². The van der Waals surface area contributed by atoms with E-state index in [1.165, 1.54) is 5.56 Å². The van der Waals surface area contributed by atoms with Gasteiger partial charge in [-0.2, -0.15) is 0 Å². The van der Waals surface area contributed by atoms with Gasteiger partial charge in [-0.1, -0.05) is 67.6 Å². The molecule has 0 radical (unpaired) electrons. The number of benzene rings is 2. The van der Waals surface area contributed by atoms with Crippen molar-refractivity contribution in [3.05, 3.63) is 71.8 Å². The van der Waals surface area contributed by atoms with Crippen molar-refractivity contribution >= 4 is 11.7 Å². The lowest BCUT2D eigenvalue weighted by Crippen LogP contribution is -2.50. The van der Waals surface area contributed by atoms with Gasteiger partial charge < -0.3 is 10.8 Å². The molecule has 2 aliphatic rings. The second-order valence-corrected chi connectivity index (χ2v) is 10.0. The van der Waals surface area contributed by atoms with Gasteiger partial charge >= 0.3 is 0 Å². The van der Waals surface area contributed by atoms with E-state index in [9.17, 15) is 14.7 Å². The van der Waals surface area contributed by atoms with Gasteiger partial charge in [0.15, 0.2) is 5.78 Å². The number of amides is 1. The van der Waals surface area contributed by atoms with E-state index in [0.717, 1.165) is 12.0 Å². The predicted molar refractivity (Wildman–Crippen MR) is 128 cm³/mol. The minimum Gasteiger partial charge on any atom is -0.393 e. The normalized spacial score (nSPS) is 25.6. The van der Waals surface area contributed by atoms with Crippen molar-refractivity contribution in [1.82, 2.24) is 10.0 Å². The Kier molecular flexibility index (Phi) is 6.98. The van der Waals surface area contributed by atoms with E-state index in [0.29, 0.717) is 25.9 Å². The molecule has 1 amide bonds. The summed E-state index contributed by atoms with van der Waals surface area (Å²) in [6.45, 7) is 4.87. The predicted octanol–water partition coefficient (Wildman–Crippen LogP) is 2.59. The second kappa shape index (κ2) is 9.75. The number of carbonyl (C=O) groups excluding carboxylic acids is 2. The fourth-order valence-corrected chi connectivity index (χ4v) is 5.33. The Bertz CT molecular complexity index is 963. The number of hydrogen-bond acceptors (Lipinski definition) is 5. The molecule has 2 heterocycles. The van der Waals surface area contributed by atoms with Crippen LogP contribution in [-0.2, 0) is 22.4 Å². The number of aliphatic hydroxyl groups excluding tert-OH is 1. The van der Waals surface area contributed by atoms with Crippen molar-refractivity contribution in [2.45, 2.75) is 57.2 Å². The third-order valence-electron chi connectivity index (χ3n) is 7.11. The molecule has 176 valence electrons. The quantitative estimate of drug-likeness (QED) is 0.615. The van der Waals surface area contributed by atoms with Crippen molar-refractivity contribution < 1.29 is 14.7 Å². The van der Waals surface area contributed by atoms with Crippen LogP contribution in [0.2, 0.25) is 0 Å². The number of hydrogen-bond donors (Lipinski definition) is 2. The molecular weight excluding hydrogens is 414 g/mol. The van der Waals surface area contributed by atoms with Crippen LogP contribution >= 0.6 is 0 Å². The number of hydrazine groups is 1. The number of nitrogens with two attached hydrogens (primary N) is 1. The molecule has 0 bridgehead atoms. The van der Waals surface area contributed by atoms with Crippen LogP contribution < -0.4 is 5.73 Å². The first kappa shape index (κ1) is 23.6. The zero-order valence-corrected chi connectivity index (χ0v) is 19.6. The van der Waals surface area contributed by atoms with Gasteiger partial charge in [-0.05, 0) is 49.1 Å². The van der Waals surface area contributed by atoms with Gasteiger partial charge in [0.2, 0.25) is 0 Å². The lowest BCUT2D eigenvalue weighted by Gasteiger charge is -2.30. The van der Waals surface area contributed by atoms with Crippen molar-refractivity contribution in [3.63, 3.8) is 0 Å². The molecule has 5 atom stereocenters. The number of aliphatic hydroxyl groups is 1. The van der Waals surface area contributed by atoms with Crippen molar-refractivity contribution in [2.75, 3.05) is 13.1 Å². The standard InChI is InChI=1S/C27H35N3O3/c1-19(15-20-9-5-3-6-10-20)25(32)22(16-21-11-7-4-8-12-21)17-24(31)23-13-14-29-18-27(2,28)26(33)30(23)29/h3-12,19,22-23,25,32H,13-18,28H2,1-2H3. The molecule has 5 unspecified atom stereocenters. The Labute approximate surface area is 196 Å². The Hall–Kier alpha value is -2.54. The SMILES string of the molecule is CC(Cc1ccccc1)C(O)C(CC(=O)C1CCN2CC(C)(N)C(=O)N12)Cc1ccccc1. The molecule has 0 spiro atoms. The van der Waals surface area contributed by atoms with E-state index in [4.69, 9.17) is 5.73 Å². The molecule has 3 N–H and O–H groups in total. The number of ketones is 1. The molecular formula is C27H35N3O3. The van der Waals surface area contributed by atoms with E-state index in [-0.39, 0.29) is 29.9 Å². The third kappa shape index (κ3) is 5.18. The first-order valence-corrected chi connectivity index (χ1v) is 11.9. The van der Waals surface area contributed by atoms with Crippen LogP contribution in [0.4, 0.5) is 0 Å². The maximum Gasteiger partial charge on any atom is 0.258 e. The van der Waals surface area contributed by atoms with Crippen molar-refractivity contribution in [1.29, 1.82) is 0 Å². The highest BCUT2D eigenvalue weighted by Gasteiger charge is 2.52. The van der Waals surface area contributed by atoms with Gasteiger partial charge in [-0.25, -0.2) is 5.01 Å². The highest BCUT2D eigenvalue weighted by Crippen LogP contribution is 2.32. The maximum atomic E-state index is 13.5. The summed E-state index contributed by atoms with van der Waals surface area (Å²) in [5.41, 5.74) is 7.47. The van der Waals surface area contributed by atoms with Crippen LogP contribution in [0.5, 0.6) is 0 Å². The number of carbonyl (C=O) groups is 2. The fourth-order valence-electron chi connectivity index (χ4n) is 5.33. The van der Waals surface area contributed by atoms with E-state index >= 15 is 0 Å². The third-order valence-corrected chi connectivity index (χ3v) is 7.11. The minimum absolute atomic E-state index is 0.00487. The molecule has 33 heavy (non-hydrogen) atoms. The summed E-state index contributed by atoms with van der Waals surface area (Å²) < 4.78 is 0. The molecule has 4 rings (SSSR count). The van der Waals surface area contributed by atoms with Crippen molar-refractivity contribution in [3.8, 4) is 0 Å². The Balaban J connectivity index is 1.50. The topological polar surface area (TPSA) is 86.9 Å². The molecule has 0 aromatic heterocycles. The Morgan fingerprint density at radius 1 is 1.09 bits per heavy atom. The van der Waals surface area contributed by atoms with Gasteiger partial charge in [0.05, 0.1) is 6.10 Å². The fraction of sp³-hybridized carbons (Fsp3) is 0.481. The highest BCUT2D eigenvalue weighted by molar-refractivity contribution is 5.94. The number of Topliss-reactive ketones (excluding diaryl/α,β-unsaturated/α-hetero) is 1. The smallest absolute Gasteiger partial charge is 0.258 e. The number of rotatable bonds is 9. The summed E-state index contributed by atoms with van der Waals surface area (Å²) >= 11 is 0. The summed E-state index contributed by atoms with van der Waals surface area (Å²) in [7, 11) is 0. The van der Waals surface area contributed by atoms with Gasteiger partial charge in [-0.15, -0.1) is 0 Å². The Morgan fingerprint density at radius 3 is 2.27 bits per heavy atom. The first-order chi connectivity index (χ1) is 15.8. The lowest BCUT2D eigenvalue weighted by atomic mass is 9.80. The summed E-state index contributed by atoms with van der Waals surface area (Å²) in [6.07, 6.45) is 1.58. The van der Waals surface area contributed by atoms with Crippen LogP contribution in [0.1, 0.15) is 37.8 Å². The summed E-state index contributed by atoms with van der Waals surface area (Å²) in [4.78, 5) is 26.3. The highest BCUT2D eigenvalue weighted by atomic mass is 16.3. The van der Waals surface area contributed by atoms with E-state index in [2.05, 4.69) is 12.1 Å². The van der Waals surface area contributed by atoms with Crippen LogP contribution in [0.15, 0.2) is 60.7 Å². The molecule has 6 nitrogen and oxygen atoms in total. The van der Waals surface area contributed by atoms with Gasteiger partial charge in [0, 0.05) is 19.5 Å². The number of nitrogens with zero attached hydrogens (tertiary/aromatic N) is 2. The lowest BCUT2D eigenvalue weighted by molar-refractivity contribution is -0.145. The van der Waals surface area contributed by atoms with Gasteiger partial charge in [0.1, 0.15) is 11.6 Å². The van der Waals surface area contributed by atoms with E-state index < -0.39 is 17.7 Å². The molecule has 2 aliphatic heterocycles. The Morgan fingerprint density at radius 2 is 1.67 bits per heavy atom. The average molecular weight is 450 g/mol. The summed E-state index contributed by atoms with van der Waals surface area (Å²) in [6, 6.07) is 19.6. The largest absolute Gasteiger partial charge is 0.393 e.